The Hall–Kier alpha value is -3.35. The minimum Gasteiger partial charge on any atom is -0.478 e. The van der Waals surface area contributed by atoms with Crippen LogP contribution in [0.15, 0.2) is 47.9 Å². The van der Waals surface area contributed by atoms with E-state index in [0.717, 1.165) is 5.56 Å². The number of hydrogen-bond acceptors (Lipinski definition) is 5. The van der Waals surface area contributed by atoms with E-state index < -0.39 is 5.97 Å². The van der Waals surface area contributed by atoms with Crippen molar-refractivity contribution >= 4 is 23.5 Å². The van der Waals surface area contributed by atoms with Gasteiger partial charge in [0.05, 0.1) is 17.5 Å². The number of carbonyl (C=O) groups is 1. The summed E-state index contributed by atoms with van der Waals surface area (Å²) in [7, 11) is 0. The molecule has 3 aromatic rings. The molecule has 0 atom stereocenters. The van der Waals surface area contributed by atoms with E-state index in [9.17, 15) is 4.79 Å². The Labute approximate surface area is 124 Å². The lowest BCUT2D eigenvalue weighted by molar-refractivity contribution is 0.0696. The molecule has 0 spiro atoms. The van der Waals surface area contributed by atoms with Crippen LogP contribution in [0.25, 0.3) is 16.9 Å². The van der Waals surface area contributed by atoms with Crippen LogP contribution >= 0.6 is 0 Å². The molecule has 4 N–H and O–H groups in total. The molecule has 3 rings (SSSR count). The van der Waals surface area contributed by atoms with Gasteiger partial charge in [0.1, 0.15) is 5.65 Å². The first-order valence-corrected chi connectivity index (χ1v) is 6.38. The number of hydrogen-bond donors (Lipinski definition) is 3. The molecule has 0 aliphatic rings. The third-order valence-corrected chi connectivity index (χ3v) is 3.25. The highest BCUT2D eigenvalue weighted by molar-refractivity contribution is 5.91. The highest BCUT2D eigenvalue weighted by Gasteiger charge is 2.11. The van der Waals surface area contributed by atoms with Gasteiger partial charge in [0, 0.05) is 29.2 Å². The van der Waals surface area contributed by atoms with Crippen molar-refractivity contribution in [3.05, 3.63) is 53.9 Å². The summed E-state index contributed by atoms with van der Waals surface area (Å²) in [5.41, 5.74) is 9.02. The van der Waals surface area contributed by atoms with E-state index in [2.05, 4.69) is 10.1 Å². The van der Waals surface area contributed by atoms with E-state index >= 15 is 0 Å². The van der Waals surface area contributed by atoms with Crippen molar-refractivity contribution in [1.82, 2.24) is 9.38 Å². The number of nitrogens with zero attached hydrogens (tertiary/aromatic N) is 3. The summed E-state index contributed by atoms with van der Waals surface area (Å²) < 4.78 is 1.63. The lowest BCUT2D eigenvalue weighted by Crippen LogP contribution is -1.97. The number of imidazole rings is 1. The highest BCUT2D eigenvalue weighted by atomic mass is 16.4. The SMILES string of the molecule is Nc1ccc(-c2cn3cc(C(=O)O)ccc3n2)c(C=NO)c1. The number of nitrogen functional groups attached to an aromatic ring is 1. The number of nitrogens with two attached hydrogens (primary N) is 1. The van der Waals surface area contributed by atoms with Gasteiger partial charge in [-0.1, -0.05) is 11.2 Å². The quantitative estimate of drug-likeness (QED) is 0.296. The smallest absolute Gasteiger partial charge is 0.337 e. The maximum atomic E-state index is 11.0. The lowest BCUT2D eigenvalue weighted by Gasteiger charge is -2.03. The zero-order valence-electron chi connectivity index (χ0n) is 11.3. The molecule has 0 bridgehead atoms. The highest BCUT2D eigenvalue weighted by Crippen LogP contribution is 2.24. The fourth-order valence-electron chi connectivity index (χ4n) is 2.23. The third-order valence-electron chi connectivity index (χ3n) is 3.25. The number of aromatic carboxylic acids is 1. The molecule has 7 nitrogen and oxygen atoms in total. The minimum atomic E-state index is -1.00. The van der Waals surface area contributed by atoms with Gasteiger partial charge >= 0.3 is 5.97 Å². The average molecular weight is 296 g/mol. The van der Waals surface area contributed by atoms with Crippen LogP contribution in [-0.2, 0) is 0 Å². The predicted molar refractivity (Wildman–Crippen MR) is 81.4 cm³/mol. The summed E-state index contributed by atoms with van der Waals surface area (Å²) in [6.45, 7) is 0. The van der Waals surface area contributed by atoms with Gasteiger partial charge in [-0.3, -0.25) is 0 Å². The zero-order chi connectivity index (χ0) is 15.7. The Bertz CT molecular complexity index is 899. The Balaban J connectivity index is 2.16. The molecule has 1 aromatic carbocycles. The molecule has 0 amide bonds. The van der Waals surface area contributed by atoms with E-state index in [1.54, 1.807) is 34.9 Å². The van der Waals surface area contributed by atoms with Crippen molar-refractivity contribution in [3.63, 3.8) is 0 Å². The van der Waals surface area contributed by atoms with Crippen LogP contribution in [0.2, 0.25) is 0 Å². The number of aromatic nitrogens is 2. The number of rotatable bonds is 3. The fourth-order valence-corrected chi connectivity index (χ4v) is 2.23. The largest absolute Gasteiger partial charge is 0.478 e. The number of carboxylic acid groups (broad SMARTS) is 1. The number of fused-ring (bicyclic) bond motifs is 1. The molecule has 0 aliphatic carbocycles. The van der Waals surface area contributed by atoms with Crippen LogP contribution in [-0.4, -0.2) is 31.9 Å². The van der Waals surface area contributed by atoms with E-state index in [4.69, 9.17) is 16.0 Å². The zero-order valence-corrected chi connectivity index (χ0v) is 11.3. The summed E-state index contributed by atoms with van der Waals surface area (Å²) in [5, 5.41) is 20.8. The Morgan fingerprint density at radius 3 is 2.82 bits per heavy atom. The molecular formula is C15H12N4O3. The number of oxime groups is 1. The van der Waals surface area contributed by atoms with Crippen LogP contribution in [0.4, 0.5) is 5.69 Å². The Morgan fingerprint density at radius 1 is 1.27 bits per heavy atom. The van der Waals surface area contributed by atoms with Crippen LogP contribution in [0.3, 0.4) is 0 Å². The van der Waals surface area contributed by atoms with Gasteiger partial charge in [-0.25, -0.2) is 9.78 Å². The van der Waals surface area contributed by atoms with Gasteiger partial charge < -0.3 is 20.4 Å². The van der Waals surface area contributed by atoms with Gasteiger partial charge in [-0.2, -0.15) is 0 Å². The summed E-state index contributed by atoms with van der Waals surface area (Å²) in [6, 6.07) is 8.28. The lowest BCUT2D eigenvalue weighted by atomic mass is 10.1. The topological polar surface area (TPSA) is 113 Å². The van der Waals surface area contributed by atoms with E-state index in [1.165, 1.54) is 18.5 Å². The summed E-state index contributed by atoms with van der Waals surface area (Å²) in [5.74, 6) is -1.00. The normalized spacial score (nSPS) is 11.3. The van der Waals surface area contributed by atoms with Crippen LogP contribution < -0.4 is 5.73 Å². The van der Waals surface area contributed by atoms with Crippen molar-refractivity contribution in [3.8, 4) is 11.3 Å². The van der Waals surface area contributed by atoms with E-state index in [0.29, 0.717) is 22.6 Å². The molecule has 2 aromatic heterocycles. The molecule has 2 heterocycles. The van der Waals surface area contributed by atoms with Crippen molar-refractivity contribution in [2.75, 3.05) is 5.73 Å². The molecule has 0 fully saturated rings. The molecule has 0 aliphatic heterocycles. The van der Waals surface area contributed by atoms with Gasteiger partial charge in [0.15, 0.2) is 0 Å². The second-order valence-corrected chi connectivity index (χ2v) is 4.71. The van der Waals surface area contributed by atoms with Gasteiger partial charge in [0.25, 0.3) is 0 Å². The molecule has 0 unspecified atom stereocenters. The number of anilines is 1. The summed E-state index contributed by atoms with van der Waals surface area (Å²) >= 11 is 0. The predicted octanol–water partition coefficient (Wildman–Crippen LogP) is 2.09. The van der Waals surface area contributed by atoms with Crippen molar-refractivity contribution in [1.29, 1.82) is 0 Å². The maximum absolute atomic E-state index is 11.0. The summed E-state index contributed by atoms with van der Waals surface area (Å²) in [4.78, 5) is 15.4. The van der Waals surface area contributed by atoms with Crippen LogP contribution in [0.1, 0.15) is 15.9 Å². The Kier molecular flexibility index (Phi) is 3.23. The molecule has 0 saturated carbocycles. The molecule has 22 heavy (non-hydrogen) atoms. The van der Waals surface area contributed by atoms with Gasteiger partial charge in [-0.15, -0.1) is 0 Å². The first-order chi connectivity index (χ1) is 10.6. The van der Waals surface area contributed by atoms with E-state index in [-0.39, 0.29) is 5.56 Å². The monoisotopic (exact) mass is 296 g/mol. The summed E-state index contributed by atoms with van der Waals surface area (Å²) in [6.07, 6.45) is 4.48. The van der Waals surface area contributed by atoms with Crippen LogP contribution in [0, 0.1) is 0 Å². The maximum Gasteiger partial charge on any atom is 0.337 e. The standard InChI is InChI=1S/C15H12N4O3/c16-11-2-3-12(10(5-11)6-17-22)13-8-19-7-9(15(20)21)1-4-14(19)18-13/h1-8,22H,16H2,(H,20,21). The van der Waals surface area contributed by atoms with Crippen molar-refractivity contribution in [2.45, 2.75) is 0 Å². The second kappa shape index (κ2) is 5.21. The van der Waals surface area contributed by atoms with Gasteiger partial charge in [-0.05, 0) is 24.3 Å². The average Bonchev–Trinajstić information content (AvgIpc) is 2.90. The molecule has 7 heteroatoms. The fraction of sp³-hybridized carbons (Fsp3) is 0. The third kappa shape index (κ3) is 2.35. The number of benzene rings is 1. The molecule has 110 valence electrons. The second-order valence-electron chi connectivity index (χ2n) is 4.71. The number of pyridine rings is 1. The van der Waals surface area contributed by atoms with Crippen LogP contribution in [0.5, 0.6) is 0 Å². The van der Waals surface area contributed by atoms with Gasteiger partial charge in [0.2, 0.25) is 0 Å². The first-order valence-electron chi connectivity index (χ1n) is 6.38. The van der Waals surface area contributed by atoms with Crippen molar-refractivity contribution in [2.24, 2.45) is 5.16 Å². The molecule has 0 saturated heterocycles. The minimum absolute atomic E-state index is 0.172. The number of carboxylic acids is 1. The molecular weight excluding hydrogens is 284 g/mol. The van der Waals surface area contributed by atoms with Crippen molar-refractivity contribution < 1.29 is 15.1 Å². The first kappa shape index (κ1) is 13.6. The Morgan fingerprint density at radius 2 is 2.09 bits per heavy atom. The van der Waals surface area contributed by atoms with E-state index in [1.807, 2.05) is 0 Å². The molecule has 0 radical (unpaired) electrons.